The van der Waals surface area contributed by atoms with Crippen LogP contribution in [0.2, 0.25) is 0 Å². The summed E-state index contributed by atoms with van der Waals surface area (Å²) in [6.45, 7) is 10.4. The van der Waals surface area contributed by atoms with E-state index in [1.54, 1.807) is 6.07 Å². The van der Waals surface area contributed by atoms with E-state index in [4.69, 9.17) is 10.5 Å². The minimum absolute atomic E-state index is 0.0255. The summed E-state index contributed by atoms with van der Waals surface area (Å²) in [5.41, 5.74) is 7.14. The minimum Gasteiger partial charge on any atom is -0.491 e. The molecule has 0 radical (unpaired) electrons. The lowest BCUT2D eigenvalue weighted by Crippen LogP contribution is -2.41. The van der Waals surface area contributed by atoms with E-state index in [-0.39, 0.29) is 17.6 Å². The van der Waals surface area contributed by atoms with Gasteiger partial charge in [0.2, 0.25) is 5.91 Å². The Kier molecular flexibility index (Phi) is 5.88. The van der Waals surface area contributed by atoms with Gasteiger partial charge in [-0.15, -0.1) is 0 Å². The molecule has 0 saturated heterocycles. The van der Waals surface area contributed by atoms with Crippen LogP contribution >= 0.6 is 0 Å². The fourth-order valence-corrected chi connectivity index (χ4v) is 1.87. The summed E-state index contributed by atoms with van der Waals surface area (Å²) in [6.07, 6.45) is 0.504. The SMILES string of the molecule is CC(C)Oc1cc(N)cc(NCCC(=O)NC(C)(C)C)c1. The number of rotatable bonds is 6. The van der Waals surface area contributed by atoms with Crippen molar-refractivity contribution in [1.29, 1.82) is 0 Å². The number of hydrogen-bond acceptors (Lipinski definition) is 4. The second-order valence-electron chi connectivity index (χ2n) is 6.43. The number of nitrogens with two attached hydrogens (primary N) is 1. The fraction of sp³-hybridized carbons (Fsp3) is 0.562. The maximum absolute atomic E-state index is 11.7. The number of carbonyl (C=O) groups is 1. The van der Waals surface area contributed by atoms with E-state index < -0.39 is 0 Å². The summed E-state index contributed by atoms with van der Waals surface area (Å²) < 4.78 is 5.63. The summed E-state index contributed by atoms with van der Waals surface area (Å²) >= 11 is 0. The Morgan fingerprint density at radius 2 is 1.95 bits per heavy atom. The number of hydrogen-bond donors (Lipinski definition) is 3. The van der Waals surface area contributed by atoms with E-state index >= 15 is 0 Å². The van der Waals surface area contributed by atoms with Gasteiger partial charge in [0.05, 0.1) is 6.10 Å². The van der Waals surface area contributed by atoms with E-state index in [1.807, 2.05) is 46.8 Å². The van der Waals surface area contributed by atoms with Crippen LogP contribution in [0.15, 0.2) is 18.2 Å². The van der Waals surface area contributed by atoms with Gasteiger partial charge >= 0.3 is 0 Å². The van der Waals surface area contributed by atoms with Crippen LogP contribution in [-0.2, 0) is 4.79 Å². The number of benzene rings is 1. The van der Waals surface area contributed by atoms with E-state index in [0.29, 0.717) is 18.7 Å². The van der Waals surface area contributed by atoms with Crippen LogP contribution in [0.1, 0.15) is 41.0 Å². The number of ether oxygens (including phenoxy) is 1. The fourth-order valence-electron chi connectivity index (χ4n) is 1.87. The summed E-state index contributed by atoms with van der Waals surface area (Å²) in [5.74, 6) is 0.754. The van der Waals surface area contributed by atoms with Gasteiger partial charge in [0.25, 0.3) is 0 Å². The maximum atomic E-state index is 11.7. The molecule has 0 aliphatic heterocycles. The van der Waals surface area contributed by atoms with Crippen LogP contribution in [0, 0.1) is 0 Å². The zero-order valence-electron chi connectivity index (χ0n) is 13.6. The zero-order chi connectivity index (χ0) is 16.0. The topological polar surface area (TPSA) is 76.4 Å². The van der Waals surface area contributed by atoms with Gasteiger partial charge in [-0.2, -0.15) is 0 Å². The number of amides is 1. The lowest BCUT2D eigenvalue weighted by atomic mass is 10.1. The highest BCUT2D eigenvalue weighted by molar-refractivity contribution is 5.77. The van der Waals surface area contributed by atoms with Crippen LogP contribution in [-0.4, -0.2) is 24.1 Å². The Morgan fingerprint density at radius 3 is 2.52 bits per heavy atom. The average molecular weight is 293 g/mol. The summed E-state index contributed by atoms with van der Waals surface area (Å²) in [6, 6.07) is 5.50. The molecule has 1 aromatic rings. The molecule has 0 heterocycles. The van der Waals surface area contributed by atoms with Crippen molar-refractivity contribution >= 4 is 17.3 Å². The largest absolute Gasteiger partial charge is 0.491 e. The molecule has 4 N–H and O–H groups in total. The van der Waals surface area contributed by atoms with Gasteiger partial charge in [0.15, 0.2) is 0 Å². The normalized spacial score (nSPS) is 11.3. The number of nitrogen functional groups attached to an aromatic ring is 1. The molecule has 1 aromatic carbocycles. The number of nitrogens with one attached hydrogen (secondary N) is 2. The number of carbonyl (C=O) groups excluding carboxylic acids is 1. The van der Waals surface area contributed by atoms with Gasteiger partial charge in [-0.1, -0.05) is 0 Å². The van der Waals surface area contributed by atoms with Crippen molar-refractivity contribution in [2.75, 3.05) is 17.6 Å². The lowest BCUT2D eigenvalue weighted by Gasteiger charge is -2.20. The lowest BCUT2D eigenvalue weighted by molar-refractivity contribution is -0.122. The predicted molar refractivity (Wildman–Crippen MR) is 87.6 cm³/mol. The highest BCUT2D eigenvalue weighted by atomic mass is 16.5. The Morgan fingerprint density at radius 1 is 1.29 bits per heavy atom. The first-order valence-corrected chi connectivity index (χ1v) is 7.28. The van der Waals surface area contributed by atoms with Crippen LogP contribution in [0.25, 0.3) is 0 Å². The molecule has 0 saturated carbocycles. The molecule has 0 spiro atoms. The van der Waals surface area contributed by atoms with Crippen molar-refractivity contribution in [3.05, 3.63) is 18.2 Å². The second-order valence-corrected chi connectivity index (χ2v) is 6.43. The van der Waals surface area contributed by atoms with Crippen LogP contribution in [0.4, 0.5) is 11.4 Å². The zero-order valence-corrected chi connectivity index (χ0v) is 13.6. The van der Waals surface area contributed by atoms with Crippen molar-refractivity contribution in [3.8, 4) is 5.75 Å². The van der Waals surface area contributed by atoms with Crippen molar-refractivity contribution in [2.45, 2.75) is 52.7 Å². The van der Waals surface area contributed by atoms with Crippen LogP contribution in [0.5, 0.6) is 5.75 Å². The van der Waals surface area contributed by atoms with Gasteiger partial charge in [0.1, 0.15) is 5.75 Å². The molecule has 1 amide bonds. The molecule has 0 fully saturated rings. The summed E-state index contributed by atoms with van der Waals surface area (Å²) in [7, 11) is 0. The van der Waals surface area contributed by atoms with E-state index in [1.165, 1.54) is 0 Å². The van der Waals surface area contributed by atoms with Crippen molar-refractivity contribution in [3.63, 3.8) is 0 Å². The first-order valence-electron chi connectivity index (χ1n) is 7.28. The Bertz CT molecular complexity index is 479. The number of anilines is 2. The molecule has 0 aliphatic rings. The molecule has 118 valence electrons. The Balaban J connectivity index is 2.52. The molecule has 1 rings (SSSR count). The highest BCUT2D eigenvalue weighted by Gasteiger charge is 2.13. The van der Waals surface area contributed by atoms with E-state index in [0.717, 1.165) is 11.4 Å². The molecule has 5 nitrogen and oxygen atoms in total. The van der Waals surface area contributed by atoms with Crippen molar-refractivity contribution in [1.82, 2.24) is 5.32 Å². The smallest absolute Gasteiger partial charge is 0.222 e. The third-order valence-corrected chi connectivity index (χ3v) is 2.50. The molecule has 21 heavy (non-hydrogen) atoms. The molecule has 0 unspecified atom stereocenters. The van der Waals surface area contributed by atoms with Crippen LogP contribution < -0.4 is 21.1 Å². The Hall–Kier alpha value is -1.91. The standard InChI is InChI=1S/C16H27N3O2/c1-11(2)21-14-9-12(17)8-13(10-14)18-7-6-15(20)19-16(3,4)5/h8-11,18H,6-7,17H2,1-5H3,(H,19,20). The average Bonchev–Trinajstić information content (AvgIpc) is 2.24. The predicted octanol–water partition coefficient (Wildman–Crippen LogP) is 2.77. The molecule has 0 atom stereocenters. The first kappa shape index (κ1) is 17.1. The Labute approximate surface area is 127 Å². The first-order chi connectivity index (χ1) is 9.65. The molecule has 0 aromatic heterocycles. The van der Waals surface area contributed by atoms with E-state index in [2.05, 4.69) is 10.6 Å². The highest BCUT2D eigenvalue weighted by Crippen LogP contribution is 2.23. The van der Waals surface area contributed by atoms with Crippen molar-refractivity contribution < 1.29 is 9.53 Å². The van der Waals surface area contributed by atoms with Gasteiger partial charge in [-0.25, -0.2) is 0 Å². The van der Waals surface area contributed by atoms with Gasteiger partial charge < -0.3 is 21.1 Å². The monoisotopic (exact) mass is 293 g/mol. The maximum Gasteiger partial charge on any atom is 0.222 e. The molecular weight excluding hydrogens is 266 g/mol. The quantitative estimate of drug-likeness (QED) is 0.705. The van der Waals surface area contributed by atoms with E-state index in [9.17, 15) is 4.79 Å². The van der Waals surface area contributed by atoms with Gasteiger partial charge in [-0.3, -0.25) is 4.79 Å². The van der Waals surface area contributed by atoms with Crippen LogP contribution in [0.3, 0.4) is 0 Å². The minimum atomic E-state index is -0.202. The molecular formula is C16H27N3O2. The molecule has 0 bridgehead atoms. The van der Waals surface area contributed by atoms with Crippen molar-refractivity contribution in [2.24, 2.45) is 0 Å². The third-order valence-electron chi connectivity index (χ3n) is 2.50. The molecule has 5 heteroatoms. The summed E-state index contributed by atoms with van der Waals surface area (Å²) in [4.78, 5) is 11.7. The van der Waals surface area contributed by atoms with Gasteiger partial charge in [0, 0.05) is 42.0 Å². The second kappa shape index (κ2) is 7.20. The third kappa shape index (κ3) is 7.44. The van der Waals surface area contributed by atoms with Gasteiger partial charge in [-0.05, 0) is 40.7 Å². The molecule has 0 aliphatic carbocycles. The summed E-state index contributed by atoms with van der Waals surface area (Å²) in [5, 5.41) is 6.12.